The van der Waals surface area contributed by atoms with Crippen LogP contribution in [-0.2, 0) is 11.2 Å². The summed E-state index contributed by atoms with van der Waals surface area (Å²) < 4.78 is 10.8. The largest absolute Gasteiger partial charge is 0.493 e. The molecule has 27 heavy (non-hydrogen) atoms. The first-order valence-corrected chi connectivity index (χ1v) is 9.89. The van der Waals surface area contributed by atoms with Crippen molar-refractivity contribution in [3.05, 3.63) is 29.8 Å². The molecule has 0 amide bonds. The van der Waals surface area contributed by atoms with Crippen molar-refractivity contribution in [1.82, 2.24) is 15.5 Å². The van der Waals surface area contributed by atoms with Gasteiger partial charge in [-0.15, -0.1) is 0 Å². The van der Waals surface area contributed by atoms with Gasteiger partial charge in [0.15, 0.2) is 5.96 Å². The van der Waals surface area contributed by atoms with Crippen molar-refractivity contribution in [3.63, 3.8) is 0 Å². The molecule has 0 unspecified atom stereocenters. The molecule has 0 bridgehead atoms. The molecule has 0 radical (unpaired) electrons. The highest BCUT2D eigenvalue weighted by Gasteiger charge is 2.02. The lowest BCUT2D eigenvalue weighted by Gasteiger charge is -2.18. The fourth-order valence-corrected chi connectivity index (χ4v) is 2.52. The van der Waals surface area contributed by atoms with Crippen molar-refractivity contribution in [2.45, 2.75) is 26.7 Å². The van der Waals surface area contributed by atoms with Crippen LogP contribution in [0.4, 0.5) is 0 Å². The lowest BCUT2D eigenvalue weighted by molar-refractivity contribution is 0.180. The zero-order chi connectivity index (χ0) is 19.9. The molecule has 154 valence electrons. The van der Waals surface area contributed by atoms with Crippen molar-refractivity contribution < 1.29 is 9.47 Å². The van der Waals surface area contributed by atoms with Gasteiger partial charge in [0, 0.05) is 46.9 Å². The Labute approximate surface area is 165 Å². The van der Waals surface area contributed by atoms with Crippen molar-refractivity contribution in [3.8, 4) is 5.75 Å². The van der Waals surface area contributed by atoms with Gasteiger partial charge in [-0.1, -0.05) is 26.0 Å². The maximum Gasteiger partial charge on any atom is 0.191 e. The molecule has 0 aliphatic rings. The van der Waals surface area contributed by atoms with E-state index in [2.05, 4.69) is 53.6 Å². The molecule has 6 nitrogen and oxygen atoms in total. The number of nitrogens with zero attached hydrogens (tertiary/aromatic N) is 2. The van der Waals surface area contributed by atoms with Crippen LogP contribution in [0.25, 0.3) is 0 Å². The molecule has 0 saturated carbocycles. The van der Waals surface area contributed by atoms with Crippen LogP contribution in [0.5, 0.6) is 5.75 Å². The number of hydrogen-bond acceptors (Lipinski definition) is 4. The Morgan fingerprint density at radius 2 is 1.81 bits per heavy atom. The fourth-order valence-electron chi connectivity index (χ4n) is 2.52. The minimum absolute atomic E-state index is 0.540. The van der Waals surface area contributed by atoms with Gasteiger partial charge in [0.1, 0.15) is 5.75 Å². The summed E-state index contributed by atoms with van der Waals surface area (Å²) >= 11 is 0. The summed E-state index contributed by atoms with van der Waals surface area (Å²) in [6.45, 7) is 9.60. The van der Waals surface area contributed by atoms with E-state index in [4.69, 9.17) is 9.47 Å². The summed E-state index contributed by atoms with van der Waals surface area (Å²) in [5, 5.41) is 6.73. The summed E-state index contributed by atoms with van der Waals surface area (Å²) in [4.78, 5) is 6.58. The van der Waals surface area contributed by atoms with Gasteiger partial charge in [0.2, 0.25) is 0 Å². The van der Waals surface area contributed by atoms with Gasteiger partial charge in [0.25, 0.3) is 0 Å². The minimum atomic E-state index is 0.540. The van der Waals surface area contributed by atoms with Crippen LogP contribution in [0.1, 0.15) is 25.8 Å². The molecular formula is C21H38N4O2. The third-order valence-corrected chi connectivity index (χ3v) is 4.11. The highest BCUT2D eigenvalue weighted by Crippen LogP contribution is 2.13. The summed E-state index contributed by atoms with van der Waals surface area (Å²) in [7, 11) is 5.67. The average molecular weight is 379 g/mol. The molecule has 2 N–H and O–H groups in total. The normalized spacial score (nSPS) is 11.9. The van der Waals surface area contributed by atoms with E-state index in [1.165, 1.54) is 5.56 Å². The molecule has 0 aliphatic carbocycles. The van der Waals surface area contributed by atoms with Crippen molar-refractivity contribution in [1.29, 1.82) is 0 Å². The molecule has 1 aromatic rings. The van der Waals surface area contributed by atoms with E-state index in [0.29, 0.717) is 5.92 Å². The number of nitrogens with one attached hydrogen (secondary N) is 2. The monoisotopic (exact) mass is 378 g/mol. The summed E-state index contributed by atoms with van der Waals surface area (Å²) in [5.41, 5.74) is 1.28. The Morgan fingerprint density at radius 1 is 1.11 bits per heavy atom. The second kappa shape index (κ2) is 14.3. The molecule has 0 aliphatic heterocycles. The number of rotatable bonds is 13. The number of aliphatic imine (C=N–C) groups is 1. The number of guanidine groups is 1. The second-order valence-electron chi connectivity index (χ2n) is 7.17. The first-order valence-electron chi connectivity index (χ1n) is 9.89. The van der Waals surface area contributed by atoms with Gasteiger partial charge >= 0.3 is 0 Å². The van der Waals surface area contributed by atoms with E-state index in [1.54, 1.807) is 14.2 Å². The highest BCUT2D eigenvalue weighted by atomic mass is 16.5. The van der Waals surface area contributed by atoms with Crippen LogP contribution < -0.4 is 15.4 Å². The summed E-state index contributed by atoms with van der Waals surface area (Å²) in [6, 6.07) is 8.35. The van der Waals surface area contributed by atoms with Crippen molar-refractivity contribution >= 4 is 5.96 Å². The molecule has 0 atom stereocenters. The SMILES string of the molecule is CN=C(NCCc1ccc(OCC(C)C)cc1)NCCN(C)CCCOC. The molecular weight excluding hydrogens is 340 g/mol. The van der Waals surface area contributed by atoms with Crippen LogP contribution in [0, 0.1) is 5.92 Å². The van der Waals surface area contributed by atoms with Gasteiger partial charge in [-0.2, -0.15) is 0 Å². The van der Waals surface area contributed by atoms with Crippen LogP contribution in [0.3, 0.4) is 0 Å². The molecule has 0 spiro atoms. The number of ether oxygens (including phenoxy) is 2. The molecule has 0 heterocycles. The number of hydrogen-bond donors (Lipinski definition) is 2. The Morgan fingerprint density at radius 3 is 2.44 bits per heavy atom. The predicted molar refractivity (Wildman–Crippen MR) is 114 cm³/mol. The zero-order valence-electron chi connectivity index (χ0n) is 17.8. The molecule has 6 heteroatoms. The van der Waals surface area contributed by atoms with Crippen LogP contribution >= 0.6 is 0 Å². The van der Waals surface area contributed by atoms with Crippen LogP contribution in [0.15, 0.2) is 29.3 Å². The Balaban J connectivity index is 2.21. The van der Waals surface area contributed by atoms with Gasteiger partial charge in [0.05, 0.1) is 6.61 Å². The summed E-state index contributed by atoms with van der Waals surface area (Å²) in [6.07, 6.45) is 2.00. The number of likely N-dealkylation sites (N-methyl/N-ethyl adjacent to an activating group) is 1. The van der Waals surface area contributed by atoms with E-state index in [0.717, 1.165) is 63.9 Å². The molecule has 0 aromatic heterocycles. The van der Waals surface area contributed by atoms with Gasteiger partial charge in [-0.25, -0.2) is 0 Å². The zero-order valence-corrected chi connectivity index (χ0v) is 17.8. The highest BCUT2D eigenvalue weighted by molar-refractivity contribution is 5.79. The molecule has 1 rings (SSSR count). The van der Waals surface area contributed by atoms with Gasteiger partial charge in [-0.3, -0.25) is 4.99 Å². The van der Waals surface area contributed by atoms with Crippen LogP contribution in [0.2, 0.25) is 0 Å². The first-order chi connectivity index (χ1) is 13.0. The van der Waals surface area contributed by atoms with E-state index in [-0.39, 0.29) is 0 Å². The lowest BCUT2D eigenvalue weighted by Crippen LogP contribution is -2.41. The molecule has 0 fully saturated rings. The smallest absolute Gasteiger partial charge is 0.191 e. The number of methoxy groups -OCH3 is 1. The van der Waals surface area contributed by atoms with Gasteiger partial charge in [-0.05, 0) is 43.5 Å². The summed E-state index contributed by atoms with van der Waals surface area (Å²) in [5.74, 6) is 2.32. The maximum absolute atomic E-state index is 5.72. The number of benzene rings is 1. The van der Waals surface area contributed by atoms with E-state index in [9.17, 15) is 0 Å². The van der Waals surface area contributed by atoms with Gasteiger partial charge < -0.3 is 25.0 Å². The quantitative estimate of drug-likeness (QED) is 0.314. The van der Waals surface area contributed by atoms with Crippen molar-refractivity contribution in [2.75, 3.05) is 60.6 Å². The predicted octanol–water partition coefficient (Wildman–Crippen LogP) is 2.40. The fraction of sp³-hybridized carbons (Fsp3) is 0.667. The van der Waals surface area contributed by atoms with E-state index >= 15 is 0 Å². The Bertz CT molecular complexity index is 517. The maximum atomic E-state index is 5.72. The second-order valence-corrected chi connectivity index (χ2v) is 7.17. The standard InChI is InChI=1S/C21H38N4O2/c1-18(2)17-27-20-9-7-19(8-10-20)11-12-23-21(22-3)24-13-15-25(4)14-6-16-26-5/h7-10,18H,6,11-17H2,1-5H3,(H2,22,23,24). The topological polar surface area (TPSA) is 58.1 Å². The van der Waals surface area contributed by atoms with Crippen LogP contribution in [-0.4, -0.2) is 71.5 Å². The third-order valence-electron chi connectivity index (χ3n) is 4.11. The molecule has 0 saturated heterocycles. The first kappa shape index (κ1) is 23.2. The minimum Gasteiger partial charge on any atom is -0.493 e. The third kappa shape index (κ3) is 11.5. The van der Waals surface area contributed by atoms with Crippen molar-refractivity contribution in [2.24, 2.45) is 10.9 Å². The average Bonchev–Trinajstić information content (AvgIpc) is 2.66. The Hall–Kier alpha value is -1.79. The lowest BCUT2D eigenvalue weighted by atomic mass is 10.1. The molecule has 1 aromatic carbocycles. The Kier molecular flexibility index (Phi) is 12.3. The van der Waals surface area contributed by atoms with E-state index < -0.39 is 0 Å². The van der Waals surface area contributed by atoms with E-state index in [1.807, 2.05) is 12.1 Å².